The third-order valence-electron chi connectivity index (χ3n) is 4.78. The maximum Gasteiger partial charge on any atom is 0.284 e. The number of fused-ring (bicyclic) bond motifs is 1. The van der Waals surface area contributed by atoms with E-state index < -0.39 is 11.5 Å². The second-order valence-corrected chi connectivity index (χ2v) is 7.29. The summed E-state index contributed by atoms with van der Waals surface area (Å²) in [6, 6.07) is 17.9. The number of carbonyl (C=O) groups excluding carboxylic acids is 1. The van der Waals surface area contributed by atoms with Gasteiger partial charge in [-0.25, -0.2) is 9.97 Å². The van der Waals surface area contributed by atoms with Crippen LogP contribution in [0, 0.1) is 0 Å². The molecule has 0 spiro atoms. The molecule has 2 heterocycles. The van der Waals surface area contributed by atoms with Crippen molar-refractivity contribution in [2.24, 2.45) is 0 Å². The number of carbonyl (C=O) groups is 1. The second-order valence-electron chi connectivity index (χ2n) is 6.86. The molecule has 0 unspecified atom stereocenters. The fraction of sp³-hybridized carbons (Fsp3) is 0.130. The largest absolute Gasteiger partial charge is 0.497 e. The highest BCUT2D eigenvalue weighted by Gasteiger charge is 2.18. The first kappa shape index (κ1) is 20.6. The zero-order chi connectivity index (χ0) is 21.8. The van der Waals surface area contributed by atoms with Crippen molar-refractivity contribution < 1.29 is 9.53 Å². The Hall–Kier alpha value is -3.71. The Morgan fingerprint density at radius 2 is 1.77 bits per heavy atom. The maximum atomic E-state index is 13.2. The number of hydrogen-bond donors (Lipinski definition) is 1. The van der Waals surface area contributed by atoms with Crippen LogP contribution in [-0.2, 0) is 13.1 Å². The first-order valence-corrected chi connectivity index (χ1v) is 9.94. The van der Waals surface area contributed by atoms with E-state index in [2.05, 4.69) is 15.3 Å². The monoisotopic (exact) mass is 434 g/mol. The van der Waals surface area contributed by atoms with Crippen LogP contribution in [0.15, 0.2) is 71.7 Å². The van der Waals surface area contributed by atoms with Gasteiger partial charge in [0.15, 0.2) is 11.3 Å². The lowest BCUT2D eigenvalue weighted by Crippen LogP contribution is -2.35. The van der Waals surface area contributed by atoms with Crippen molar-refractivity contribution in [3.05, 3.63) is 99.1 Å². The number of benzene rings is 2. The highest BCUT2D eigenvalue weighted by molar-refractivity contribution is 6.30. The predicted molar refractivity (Wildman–Crippen MR) is 119 cm³/mol. The SMILES string of the molecule is COc1ccc(Cn2c(=O)c(C(=O)NCc3ccc(Cl)cc3)nc3cccnc32)cc1. The van der Waals surface area contributed by atoms with Gasteiger partial charge in [0.1, 0.15) is 11.3 Å². The number of ether oxygens (including phenoxy) is 1. The van der Waals surface area contributed by atoms with Gasteiger partial charge in [-0.2, -0.15) is 0 Å². The van der Waals surface area contributed by atoms with Gasteiger partial charge in [-0.15, -0.1) is 0 Å². The molecule has 0 saturated carbocycles. The summed E-state index contributed by atoms with van der Waals surface area (Å²) in [6.45, 7) is 0.497. The molecule has 2 aromatic heterocycles. The van der Waals surface area contributed by atoms with Crippen molar-refractivity contribution >= 4 is 28.7 Å². The number of methoxy groups -OCH3 is 1. The summed E-state index contributed by atoms with van der Waals surface area (Å²) in [7, 11) is 1.59. The topological polar surface area (TPSA) is 86.1 Å². The summed E-state index contributed by atoms with van der Waals surface area (Å²) in [5, 5.41) is 3.36. The van der Waals surface area contributed by atoms with Gasteiger partial charge in [0.05, 0.1) is 13.7 Å². The lowest BCUT2D eigenvalue weighted by molar-refractivity contribution is 0.0944. The van der Waals surface area contributed by atoms with Crippen LogP contribution in [-0.4, -0.2) is 27.6 Å². The molecule has 8 heteroatoms. The summed E-state index contributed by atoms with van der Waals surface area (Å²) in [4.78, 5) is 34.5. The number of rotatable bonds is 6. The Bertz CT molecular complexity index is 1290. The van der Waals surface area contributed by atoms with E-state index in [4.69, 9.17) is 16.3 Å². The van der Waals surface area contributed by atoms with E-state index in [0.29, 0.717) is 16.2 Å². The molecule has 4 aromatic rings. The van der Waals surface area contributed by atoms with E-state index in [9.17, 15) is 9.59 Å². The first-order chi connectivity index (χ1) is 15.0. The molecule has 0 aliphatic heterocycles. The molecular weight excluding hydrogens is 416 g/mol. The van der Waals surface area contributed by atoms with Gasteiger partial charge < -0.3 is 10.1 Å². The van der Waals surface area contributed by atoms with Crippen LogP contribution >= 0.6 is 11.6 Å². The average Bonchev–Trinajstić information content (AvgIpc) is 2.80. The Morgan fingerprint density at radius 1 is 1.06 bits per heavy atom. The van der Waals surface area contributed by atoms with Crippen molar-refractivity contribution in [2.45, 2.75) is 13.1 Å². The highest BCUT2D eigenvalue weighted by Crippen LogP contribution is 2.14. The fourth-order valence-electron chi connectivity index (χ4n) is 3.15. The van der Waals surface area contributed by atoms with E-state index in [1.54, 1.807) is 37.6 Å². The first-order valence-electron chi connectivity index (χ1n) is 9.56. The van der Waals surface area contributed by atoms with Gasteiger partial charge in [0.25, 0.3) is 11.5 Å². The van der Waals surface area contributed by atoms with Gasteiger partial charge in [-0.05, 0) is 47.5 Å². The van der Waals surface area contributed by atoms with Crippen LogP contribution < -0.4 is 15.6 Å². The molecule has 1 N–H and O–H groups in total. The van der Waals surface area contributed by atoms with Crippen molar-refractivity contribution in [2.75, 3.05) is 7.11 Å². The number of hydrogen-bond acceptors (Lipinski definition) is 5. The summed E-state index contributed by atoms with van der Waals surface area (Å²) >= 11 is 5.89. The molecule has 0 saturated heterocycles. The van der Waals surface area contributed by atoms with Crippen LogP contribution in [0.1, 0.15) is 21.6 Å². The van der Waals surface area contributed by atoms with E-state index >= 15 is 0 Å². The van der Waals surface area contributed by atoms with E-state index in [1.807, 2.05) is 36.4 Å². The van der Waals surface area contributed by atoms with Crippen LogP contribution in [0.2, 0.25) is 5.02 Å². The quantitative estimate of drug-likeness (QED) is 0.502. The van der Waals surface area contributed by atoms with E-state index in [-0.39, 0.29) is 18.8 Å². The van der Waals surface area contributed by atoms with Crippen molar-refractivity contribution in [1.29, 1.82) is 0 Å². The summed E-state index contributed by atoms with van der Waals surface area (Å²) in [5.41, 5.74) is 1.93. The molecule has 0 aliphatic carbocycles. The Kier molecular flexibility index (Phi) is 5.95. The van der Waals surface area contributed by atoms with Gasteiger partial charge in [0, 0.05) is 17.8 Å². The van der Waals surface area contributed by atoms with Crippen LogP contribution in [0.4, 0.5) is 0 Å². The minimum Gasteiger partial charge on any atom is -0.497 e. The fourth-order valence-corrected chi connectivity index (χ4v) is 3.28. The summed E-state index contributed by atoms with van der Waals surface area (Å²) < 4.78 is 6.64. The number of amides is 1. The zero-order valence-electron chi connectivity index (χ0n) is 16.7. The third-order valence-corrected chi connectivity index (χ3v) is 5.03. The number of pyridine rings is 1. The molecule has 2 aromatic carbocycles. The molecular formula is C23H19ClN4O3. The lowest BCUT2D eigenvalue weighted by Gasteiger charge is -2.12. The van der Waals surface area contributed by atoms with Gasteiger partial charge >= 0.3 is 0 Å². The van der Waals surface area contributed by atoms with Crippen molar-refractivity contribution in [1.82, 2.24) is 19.9 Å². The van der Waals surface area contributed by atoms with Gasteiger partial charge in [-0.1, -0.05) is 35.9 Å². The Labute approximate surface area is 183 Å². The van der Waals surface area contributed by atoms with Gasteiger partial charge in [-0.3, -0.25) is 14.2 Å². The molecule has 31 heavy (non-hydrogen) atoms. The van der Waals surface area contributed by atoms with Crippen LogP contribution in [0.3, 0.4) is 0 Å². The molecule has 0 bridgehead atoms. The molecule has 156 valence electrons. The summed E-state index contributed by atoms with van der Waals surface area (Å²) in [6.07, 6.45) is 1.59. The van der Waals surface area contributed by atoms with Crippen molar-refractivity contribution in [3.8, 4) is 5.75 Å². The zero-order valence-corrected chi connectivity index (χ0v) is 17.5. The molecule has 1 amide bonds. The van der Waals surface area contributed by atoms with Crippen LogP contribution in [0.25, 0.3) is 11.2 Å². The number of nitrogens with zero attached hydrogens (tertiary/aromatic N) is 3. The van der Waals surface area contributed by atoms with Crippen LogP contribution in [0.5, 0.6) is 5.75 Å². The highest BCUT2D eigenvalue weighted by atomic mass is 35.5. The smallest absolute Gasteiger partial charge is 0.284 e. The standard InChI is InChI=1S/C23H19ClN4O3/c1-31-18-10-6-16(7-11-18)14-28-21-19(3-2-12-25-21)27-20(23(28)30)22(29)26-13-15-4-8-17(24)9-5-15/h2-12H,13-14H2,1H3,(H,26,29). The Balaban J connectivity index is 1.67. The second kappa shape index (κ2) is 8.97. The normalized spacial score (nSPS) is 10.8. The van der Waals surface area contributed by atoms with E-state index in [1.165, 1.54) is 4.57 Å². The van der Waals surface area contributed by atoms with E-state index in [0.717, 1.165) is 16.9 Å². The molecule has 0 atom stereocenters. The Morgan fingerprint density at radius 3 is 2.48 bits per heavy atom. The summed E-state index contributed by atoms with van der Waals surface area (Å²) in [5.74, 6) is 0.172. The lowest BCUT2D eigenvalue weighted by atomic mass is 10.2. The molecule has 7 nitrogen and oxygen atoms in total. The van der Waals surface area contributed by atoms with Gasteiger partial charge in [0.2, 0.25) is 0 Å². The number of aromatic nitrogens is 3. The molecule has 0 radical (unpaired) electrons. The molecule has 0 aliphatic rings. The predicted octanol–water partition coefficient (Wildman–Crippen LogP) is 3.43. The minimum atomic E-state index is -0.547. The maximum absolute atomic E-state index is 13.2. The number of nitrogens with one attached hydrogen (secondary N) is 1. The molecule has 0 fully saturated rings. The number of halogens is 1. The third kappa shape index (κ3) is 4.57. The molecule has 4 rings (SSSR count). The minimum absolute atomic E-state index is 0.178. The van der Waals surface area contributed by atoms with Crippen molar-refractivity contribution in [3.63, 3.8) is 0 Å². The average molecular weight is 435 g/mol.